The molecule has 1 rings (SSSR count). The van der Waals surface area contributed by atoms with Gasteiger partial charge < -0.3 is 15.3 Å². The fraction of sp³-hybridized carbons (Fsp3) is 0.786. The molecule has 6 nitrogen and oxygen atoms in total. The lowest BCUT2D eigenvalue weighted by molar-refractivity contribution is -0.139. The summed E-state index contributed by atoms with van der Waals surface area (Å²) in [6, 6.07) is 0. The Bertz CT molecular complexity index is 362. The molecule has 0 aromatic heterocycles. The van der Waals surface area contributed by atoms with Crippen LogP contribution in [0.3, 0.4) is 0 Å². The summed E-state index contributed by atoms with van der Waals surface area (Å²) in [7, 11) is 0. The third kappa shape index (κ3) is 5.19. The van der Waals surface area contributed by atoms with Gasteiger partial charge in [0.2, 0.25) is 11.8 Å². The molecule has 0 spiro atoms. The molecule has 0 radical (unpaired) electrons. The summed E-state index contributed by atoms with van der Waals surface area (Å²) >= 11 is 0. The second-order valence-corrected chi connectivity index (χ2v) is 5.46. The summed E-state index contributed by atoms with van der Waals surface area (Å²) in [4.78, 5) is 36.0. The molecule has 2 N–H and O–H groups in total. The number of carboxylic acids is 1. The number of hydrogen-bond acceptors (Lipinski definition) is 3. The van der Waals surface area contributed by atoms with Crippen molar-refractivity contribution in [3.8, 4) is 0 Å². The van der Waals surface area contributed by atoms with Gasteiger partial charge in [0, 0.05) is 38.4 Å². The molecule has 1 aliphatic heterocycles. The predicted octanol–water partition coefficient (Wildman–Crippen LogP) is 0.862. The number of carbonyl (C=O) groups excluding carboxylic acids is 2. The molecule has 1 fully saturated rings. The largest absolute Gasteiger partial charge is 0.481 e. The Morgan fingerprint density at radius 3 is 2.35 bits per heavy atom. The molecule has 0 aromatic rings. The number of likely N-dealkylation sites (tertiary alicyclic amines) is 1. The van der Waals surface area contributed by atoms with Crippen molar-refractivity contribution in [1.29, 1.82) is 0 Å². The molecule has 2 amide bonds. The second kappa shape index (κ2) is 7.87. The summed E-state index contributed by atoms with van der Waals surface area (Å²) in [5, 5.41) is 11.5. The quantitative estimate of drug-likeness (QED) is 0.757. The molecule has 0 bridgehead atoms. The highest BCUT2D eigenvalue weighted by molar-refractivity contribution is 5.80. The van der Waals surface area contributed by atoms with Crippen molar-refractivity contribution in [3.05, 3.63) is 0 Å². The first-order chi connectivity index (χ1) is 9.43. The Labute approximate surface area is 119 Å². The lowest BCUT2D eigenvalue weighted by Crippen LogP contribution is -2.43. The number of amides is 2. The van der Waals surface area contributed by atoms with Crippen LogP contribution in [0.2, 0.25) is 0 Å². The number of rotatable bonds is 6. The van der Waals surface area contributed by atoms with Crippen LogP contribution in [0.1, 0.15) is 39.5 Å². The molecule has 0 aliphatic carbocycles. The van der Waals surface area contributed by atoms with Gasteiger partial charge in [-0.25, -0.2) is 0 Å². The highest BCUT2D eigenvalue weighted by atomic mass is 16.4. The van der Waals surface area contributed by atoms with Crippen LogP contribution >= 0.6 is 0 Å². The summed E-state index contributed by atoms with van der Waals surface area (Å²) in [5.41, 5.74) is 0. The van der Waals surface area contributed by atoms with Crippen molar-refractivity contribution in [2.24, 2.45) is 11.8 Å². The van der Waals surface area contributed by atoms with E-state index in [-0.39, 0.29) is 36.5 Å². The van der Waals surface area contributed by atoms with E-state index in [0.29, 0.717) is 32.5 Å². The van der Waals surface area contributed by atoms with Gasteiger partial charge in [0.15, 0.2) is 0 Å². The van der Waals surface area contributed by atoms with E-state index >= 15 is 0 Å². The summed E-state index contributed by atoms with van der Waals surface area (Å²) < 4.78 is 0. The Morgan fingerprint density at radius 1 is 1.25 bits per heavy atom. The first kappa shape index (κ1) is 16.5. The second-order valence-electron chi connectivity index (χ2n) is 5.46. The van der Waals surface area contributed by atoms with E-state index < -0.39 is 5.97 Å². The maximum atomic E-state index is 12.0. The van der Waals surface area contributed by atoms with E-state index in [1.165, 1.54) is 0 Å². The van der Waals surface area contributed by atoms with Crippen LogP contribution in [0, 0.1) is 11.8 Å². The van der Waals surface area contributed by atoms with Gasteiger partial charge >= 0.3 is 5.97 Å². The van der Waals surface area contributed by atoms with Gasteiger partial charge in [0.1, 0.15) is 0 Å². The monoisotopic (exact) mass is 284 g/mol. The number of carboxylic acid groups (broad SMARTS) is 1. The van der Waals surface area contributed by atoms with Gasteiger partial charge in [-0.05, 0) is 25.7 Å². The minimum atomic E-state index is -0.875. The van der Waals surface area contributed by atoms with E-state index in [4.69, 9.17) is 5.11 Å². The molecule has 0 aromatic carbocycles. The van der Waals surface area contributed by atoms with Crippen molar-refractivity contribution >= 4 is 17.8 Å². The van der Waals surface area contributed by atoms with Crippen molar-refractivity contribution in [2.75, 3.05) is 19.6 Å². The highest BCUT2D eigenvalue weighted by Crippen LogP contribution is 2.19. The average molecular weight is 284 g/mol. The Morgan fingerprint density at radius 2 is 1.85 bits per heavy atom. The Balaban J connectivity index is 2.35. The van der Waals surface area contributed by atoms with E-state index in [9.17, 15) is 14.4 Å². The molecule has 1 heterocycles. The summed E-state index contributed by atoms with van der Waals surface area (Å²) in [6.07, 6.45) is 1.65. The van der Waals surface area contributed by atoms with Crippen molar-refractivity contribution < 1.29 is 19.5 Å². The number of piperidine rings is 1. The van der Waals surface area contributed by atoms with Gasteiger partial charge in [-0.15, -0.1) is 0 Å². The van der Waals surface area contributed by atoms with E-state index in [1.807, 2.05) is 6.92 Å². The van der Waals surface area contributed by atoms with Gasteiger partial charge in [0.05, 0.1) is 0 Å². The van der Waals surface area contributed by atoms with Crippen LogP contribution in [-0.2, 0) is 14.4 Å². The molecule has 6 heteroatoms. The van der Waals surface area contributed by atoms with E-state index in [1.54, 1.807) is 11.8 Å². The smallest absolute Gasteiger partial charge is 0.303 e. The molecule has 0 saturated carbocycles. The molecule has 1 saturated heterocycles. The Kier molecular flexibility index (Phi) is 6.48. The third-order valence-electron chi connectivity index (χ3n) is 3.62. The lowest BCUT2D eigenvalue weighted by Gasteiger charge is -2.32. The van der Waals surface area contributed by atoms with Crippen molar-refractivity contribution in [2.45, 2.75) is 39.5 Å². The molecule has 1 aliphatic rings. The SMILES string of the molecule is CCNC(=O)C1CCN(C(=O)CC(C)CC(=O)O)CC1. The van der Waals surface area contributed by atoms with Crippen LogP contribution in [-0.4, -0.2) is 47.4 Å². The predicted molar refractivity (Wildman–Crippen MR) is 74.0 cm³/mol. The molecule has 1 unspecified atom stereocenters. The maximum Gasteiger partial charge on any atom is 0.303 e. The van der Waals surface area contributed by atoms with Crippen LogP contribution in [0.25, 0.3) is 0 Å². The van der Waals surface area contributed by atoms with Crippen molar-refractivity contribution in [3.63, 3.8) is 0 Å². The zero-order valence-electron chi connectivity index (χ0n) is 12.2. The Hall–Kier alpha value is -1.59. The van der Waals surface area contributed by atoms with E-state index in [2.05, 4.69) is 5.32 Å². The van der Waals surface area contributed by atoms with Gasteiger partial charge in [-0.1, -0.05) is 6.92 Å². The number of carbonyl (C=O) groups is 3. The average Bonchev–Trinajstić information content (AvgIpc) is 2.38. The standard InChI is InChI=1S/C14H24N2O4/c1-3-15-14(20)11-4-6-16(7-5-11)12(17)8-10(2)9-13(18)19/h10-11H,3-9H2,1-2H3,(H,15,20)(H,18,19). The van der Waals surface area contributed by atoms with E-state index in [0.717, 1.165) is 0 Å². The number of hydrogen-bond donors (Lipinski definition) is 2. The lowest BCUT2D eigenvalue weighted by atomic mass is 9.95. The van der Waals surface area contributed by atoms with Gasteiger partial charge in [-0.3, -0.25) is 14.4 Å². The van der Waals surface area contributed by atoms with Gasteiger partial charge in [-0.2, -0.15) is 0 Å². The normalized spacial score (nSPS) is 17.6. The van der Waals surface area contributed by atoms with Crippen molar-refractivity contribution in [1.82, 2.24) is 10.2 Å². The number of aliphatic carboxylic acids is 1. The third-order valence-corrected chi connectivity index (χ3v) is 3.62. The fourth-order valence-corrected chi connectivity index (χ4v) is 2.51. The minimum Gasteiger partial charge on any atom is -0.481 e. The molecular formula is C14H24N2O4. The first-order valence-electron chi connectivity index (χ1n) is 7.21. The topological polar surface area (TPSA) is 86.7 Å². The van der Waals surface area contributed by atoms with Gasteiger partial charge in [0.25, 0.3) is 0 Å². The summed E-state index contributed by atoms with van der Waals surface area (Å²) in [5.74, 6) is -0.969. The first-order valence-corrected chi connectivity index (χ1v) is 7.21. The van der Waals surface area contributed by atoms with Crippen LogP contribution in [0.15, 0.2) is 0 Å². The minimum absolute atomic E-state index is 0.00422. The highest BCUT2D eigenvalue weighted by Gasteiger charge is 2.27. The van der Waals surface area contributed by atoms with Crippen LogP contribution in [0.5, 0.6) is 0 Å². The number of nitrogens with one attached hydrogen (secondary N) is 1. The zero-order valence-corrected chi connectivity index (χ0v) is 12.2. The fourth-order valence-electron chi connectivity index (χ4n) is 2.51. The zero-order chi connectivity index (χ0) is 15.1. The molecule has 114 valence electrons. The van der Waals surface area contributed by atoms with Crippen LogP contribution in [0.4, 0.5) is 0 Å². The maximum absolute atomic E-state index is 12.0. The molecule has 20 heavy (non-hydrogen) atoms. The molecular weight excluding hydrogens is 260 g/mol. The number of nitrogens with zero attached hydrogens (tertiary/aromatic N) is 1. The van der Waals surface area contributed by atoms with Crippen LogP contribution < -0.4 is 5.32 Å². The summed E-state index contributed by atoms with van der Waals surface area (Å²) in [6.45, 7) is 5.46. The molecule has 1 atom stereocenters.